The largest absolute Gasteiger partial charge is 0.421 e. The molecule has 1 aliphatic heterocycles. The van der Waals surface area contributed by atoms with Crippen LogP contribution in [0.3, 0.4) is 0 Å². The number of benzene rings is 3. The van der Waals surface area contributed by atoms with E-state index in [1.807, 2.05) is 18.2 Å². The number of rotatable bonds is 4. The number of carbonyl (C=O) groups is 2. The summed E-state index contributed by atoms with van der Waals surface area (Å²) in [6.07, 6.45) is 1.59. The second-order valence-electron chi connectivity index (χ2n) is 6.68. The summed E-state index contributed by atoms with van der Waals surface area (Å²) in [5.74, 6) is -0.546. The zero-order chi connectivity index (χ0) is 23.7. The molecule has 0 aromatic heterocycles. The number of ether oxygens (including phenoxy) is 2. The molecule has 3 aromatic rings. The number of esters is 2. The van der Waals surface area contributed by atoms with Crippen molar-refractivity contribution in [2.75, 3.05) is 0 Å². The van der Waals surface area contributed by atoms with Crippen molar-refractivity contribution in [1.82, 2.24) is 0 Å². The van der Waals surface area contributed by atoms with Crippen LogP contribution in [0.2, 0.25) is 5.02 Å². The Morgan fingerprint density at radius 1 is 1.00 bits per heavy atom. The van der Waals surface area contributed by atoms with Gasteiger partial charge in [-0.15, -0.1) is 0 Å². The van der Waals surface area contributed by atoms with Crippen molar-refractivity contribution in [3.63, 3.8) is 0 Å². The van der Waals surface area contributed by atoms with E-state index < -0.39 is 11.9 Å². The molecular weight excluding hydrogens is 756 g/mol. The van der Waals surface area contributed by atoms with Gasteiger partial charge in [0.25, 0.3) is 0 Å². The van der Waals surface area contributed by atoms with Crippen molar-refractivity contribution < 1.29 is 19.1 Å². The summed E-state index contributed by atoms with van der Waals surface area (Å²) < 4.78 is 13.8. The lowest BCUT2D eigenvalue weighted by molar-refractivity contribution is -0.129. The van der Waals surface area contributed by atoms with E-state index in [0.29, 0.717) is 36.4 Å². The zero-order valence-electron chi connectivity index (χ0n) is 16.2. The summed E-state index contributed by atoms with van der Waals surface area (Å²) in [6, 6.07) is 15.4. The first kappa shape index (κ1) is 24.6. The summed E-state index contributed by atoms with van der Waals surface area (Å²) >= 11 is 18.4. The third-order valence-electron chi connectivity index (χ3n) is 4.39. The Bertz CT molecular complexity index is 1330. The standard InChI is InChI=1S/C23H10Br3ClINO4/c24-15-10-13(3-6-18(15)28)21-29-19(23(31)33-21)9-11-7-16(25)20(17(26)8-11)32-22(30)12-1-4-14(27)5-2-12/h1-10H/b19-9-. The van der Waals surface area contributed by atoms with Gasteiger partial charge in [0.15, 0.2) is 11.4 Å². The molecule has 1 heterocycles. The van der Waals surface area contributed by atoms with Crippen LogP contribution in [0.15, 0.2) is 78.7 Å². The van der Waals surface area contributed by atoms with Crippen LogP contribution in [0, 0.1) is 3.57 Å². The van der Waals surface area contributed by atoms with E-state index in [0.717, 1.165) is 8.04 Å². The molecule has 3 aromatic carbocycles. The van der Waals surface area contributed by atoms with Crippen LogP contribution >= 0.6 is 82.0 Å². The van der Waals surface area contributed by atoms with Gasteiger partial charge in [0.1, 0.15) is 0 Å². The van der Waals surface area contributed by atoms with Crippen LogP contribution in [0.1, 0.15) is 21.5 Å². The van der Waals surface area contributed by atoms with Crippen molar-refractivity contribution in [2.45, 2.75) is 0 Å². The normalized spacial score (nSPS) is 14.3. The maximum absolute atomic E-state index is 12.5. The van der Waals surface area contributed by atoms with E-state index in [9.17, 15) is 9.59 Å². The second-order valence-corrected chi connectivity index (χ2v) is 10.8. The van der Waals surface area contributed by atoms with Crippen LogP contribution in [0.5, 0.6) is 5.75 Å². The molecule has 0 N–H and O–H groups in total. The van der Waals surface area contributed by atoms with Crippen LogP contribution in [0.4, 0.5) is 0 Å². The van der Waals surface area contributed by atoms with E-state index in [-0.39, 0.29) is 11.6 Å². The lowest BCUT2D eigenvalue weighted by Gasteiger charge is -2.10. The lowest BCUT2D eigenvalue weighted by Crippen LogP contribution is -2.09. The fourth-order valence-electron chi connectivity index (χ4n) is 2.82. The van der Waals surface area contributed by atoms with Crippen LogP contribution in [0.25, 0.3) is 6.08 Å². The Morgan fingerprint density at radius 2 is 1.67 bits per heavy atom. The minimum atomic E-state index is -0.551. The molecule has 0 atom stereocenters. The monoisotopic (exact) mass is 763 g/mol. The Kier molecular flexibility index (Phi) is 7.74. The first-order valence-electron chi connectivity index (χ1n) is 9.16. The smallest absolute Gasteiger partial charge is 0.363 e. The number of hydrogen-bond acceptors (Lipinski definition) is 5. The molecule has 0 bridgehead atoms. The van der Waals surface area contributed by atoms with Crippen molar-refractivity contribution in [1.29, 1.82) is 0 Å². The molecule has 33 heavy (non-hydrogen) atoms. The molecule has 0 saturated heterocycles. The average molecular weight is 766 g/mol. The highest BCUT2D eigenvalue weighted by Gasteiger charge is 2.25. The number of aliphatic imine (C=N–C) groups is 1. The van der Waals surface area contributed by atoms with E-state index in [2.05, 4.69) is 75.4 Å². The number of halogens is 5. The molecule has 166 valence electrons. The topological polar surface area (TPSA) is 65.0 Å². The molecule has 0 unspecified atom stereocenters. The van der Waals surface area contributed by atoms with E-state index in [1.54, 1.807) is 42.5 Å². The molecule has 0 amide bonds. The fraction of sp³-hybridized carbons (Fsp3) is 0. The van der Waals surface area contributed by atoms with Gasteiger partial charge in [-0.3, -0.25) is 0 Å². The number of cyclic esters (lactones) is 1. The Labute approximate surface area is 232 Å². The van der Waals surface area contributed by atoms with Crippen LogP contribution in [-0.4, -0.2) is 17.8 Å². The van der Waals surface area contributed by atoms with Crippen LogP contribution in [-0.2, 0) is 9.53 Å². The molecule has 0 aliphatic carbocycles. The predicted octanol–water partition coefficient (Wildman–Crippen LogP) is 7.80. The summed E-state index contributed by atoms with van der Waals surface area (Å²) in [5.41, 5.74) is 1.86. The maximum atomic E-state index is 12.5. The fourth-order valence-corrected chi connectivity index (χ4v) is 5.04. The van der Waals surface area contributed by atoms with E-state index in [4.69, 9.17) is 21.1 Å². The van der Waals surface area contributed by atoms with Gasteiger partial charge in [0.2, 0.25) is 5.90 Å². The minimum absolute atomic E-state index is 0.157. The van der Waals surface area contributed by atoms with Gasteiger partial charge in [-0.2, -0.15) is 0 Å². The number of nitrogens with zero attached hydrogens (tertiary/aromatic N) is 1. The van der Waals surface area contributed by atoms with Crippen molar-refractivity contribution in [3.8, 4) is 5.75 Å². The molecular formula is C23H10Br3ClINO4. The molecule has 0 radical (unpaired) electrons. The third-order valence-corrected chi connectivity index (χ3v) is 8.15. The van der Waals surface area contributed by atoms with Crippen molar-refractivity contribution >= 4 is 106 Å². The van der Waals surface area contributed by atoms with Gasteiger partial charge in [-0.1, -0.05) is 11.6 Å². The van der Waals surface area contributed by atoms with Gasteiger partial charge in [-0.05, 0) is 137 Å². The van der Waals surface area contributed by atoms with Crippen LogP contribution < -0.4 is 4.74 Å². The number of hydrogen-bond donors (Lipinski definition) is 0. The average Bonchev–Trinajstić information content (AvgIpc) is 3.13. The van der Waals surface area contributed by atoms with E-state index >= 15 is 0 Å². The molecule has 10 heteroatoms. The first-order chi connectivity index (χ1) is 15.7. The summed E-state index contributed by atoms with van der Waals surface area (Å²) in [7, 11) is 0. The summed E-state index contributed by atoms with van der Waals surface area (Å²) in [5, 5.41) is 0.525. The molecule has 1 aliphatic rings. The molecule has 0 fully saturated rings. The minimum Gasteiger partial charge on any atom is -0.421 e. The Hall–Kier alpha value is -1.53. The SMILES string of the molecule is O=C1OC(c2ccc(I)c(Br)c2)=N/C1=C\c1cc(Br)c(OC(=O)c2ccc(Cl)cc2)c(Br)c1. The van der Waals surface area contributed by atoms with Crippen molar-refractivity contribution in [2.24, 2.45) is 4.99 Å². The van der Waals surface area contributed by atoms with Gasteiger partial charge in [0, 0.05) is 18.6 Å². The summed E-state index contributed by atoms with van der Waals surface area (Å²) in [4.78, 5) is 29.1. The second kappa shape index (κ2) is 10.4. The third kappa shape index (κ3) is 5.76. The highest BCUT2D eigenvalue weighted by Crippen LogP contribution is 2.36. The maximum Gasteiger partial charge on any atom is 0.363 e. The molecule has 5 nitrogen and oxygen atoms in total. The predicted molar refractivity (Wildman–Crippen MR) is 146 cm³/mol. The highest BCUT2D eigenvalue weighted by atomic mass is 127. The molecule has 0 spiro atoms. The quantitative estimate of drug-likeness (QED) is 0.118. The lowest BCUT2D eigenvalue weighted by atomic mass is 10.2. The summed E-state index contributed by atoms with van der Waals surface area (Å²) in [6.45, 7) is 0. The van der Waals surface area contributed by atoms with Gasteiger partial charge >= 0.3 is 11.9 Å². The molecule has 4 rings (SSSR count). The zero-order valence-corrected chi connectivity index (χ0v) is 23.9. The van der Waals surface area contributed by atoms with Crippen molar-refractivity contribution in [3.05, 3.63) is 99.0 Å². The van der Waals surface area contributed by atoms with E-state index in [1.165, 1.54) is 0 Å². The highest BCUT2D eigenvalue weighted by molar-refractivity contribution is 14.1. The van der Waals surface area contributed by atoms with Gasteiger partial charge in [0.05, 0.1) is 14.5 Å². The first-order valence-corrected chi connectivity index (χ1v) is 13.0. The van der Waals surface area contributed by atoms with Gasteiger partial charge < -0.3 is 9.47 Å². The Balaban J connectivity index is 1.59. The molecule has 0 saturated carbocycles. The Morgan fingerprint density at radius 3 is 2.30 bits per heavy atom. The number of carbonyl (C=O) groups excluding carboxylic acids is 2. The van der Waals surface area contributed by atoms with Gasteiger partial charge in [-0.25, -0.2) is 14.6 Å².